The van der Waals surface area contributed by atoms with Gasteiger partial charge < -0.3 is 10.1 Å². The molecular weight excluding hydrogens is 238 g/mol. The van der Waals surface area contributed by atoms with E-state index in [1.807, 2.05) is 26.4 Å². The molecule has 0 bridgehead atoms. The molecule has 0 radical (unpaired) electrons. The minimum Gasteiger partial charge on any atom is -0.375 e. The highest BCUT2D eigenvalue weighted by Crippen LogP contribution is 2.46. The van der Waals surface area contributed by atoms with E-state index in [0.29, 0.717) is 5.92 Å². The summed E-state index contributed by atoms with van der Waals surface area (Å²) in [5.41, 5.74) is 1.30. The Labute approximate surface area is 115 Å². The van der Waals surface area contributed by atoms with Crippen molar-refractivity contribution in [3.8, 4) is 0 Å². The third-order valence-electron chi connectivity index (χ3n) is 4.66. The van der Waals surface area contributed by atoms with E-state index in [1.54, 1.807) is 0 Å². The molecule has 4 heteroatoms. The van der Waals surface area contributed by atoms with Gasteiger partial charge in [-0.05, 0) is 57.6 Å². The van der Waals surface area contributed by atoms with E-state index in [2.05, 4.69) is 15.3 Å². The zero-order chi connectivity index (χ0) is 13.3. The van der Waals surface area contributed by atoms with Crippen molar-refractivity contribution < 1.29 is 4.74 Å². The second-order valence-corrected chi connectivity index (χ2v) is 6.02. The van der Waals surface area contributed by atoms with Crippen molar-refractivity contribution in [2.75, 3.05) is 13.7 Å². The summed E-state index contributed by atoms with van der Waals surface area (Å²) in [5.74, 6) is 1.51. The van der Waals surface area contributed by atoms with Gasteiger partial charge in [0, 0.05) is 19.0 Å². The Kier molecular flexibility index (Phi) is 3.54. The summed E-state index contributed by atoms with van der Waals surface area (Å²) < 4.78 is 6.01. The smallest absolute Gasteiger partial charge is 0.145 e. The summed E-state index contributed by atoms with van der Waals surface area (Å²) in [6, 6.07) is 0.252. The second-order valence-electron chi connectivity index (χ2n) is 6.02. The molecule has 2 aliphatic rings. The topological polar surface area (TPSA) is 47.0 Å². The van der Waals surface area contributed by atoms with Crippen LogP contribution < -0.4 is 5.32 Å². The van der Waals surface area contributed by atoms with E-state index in [9.17, 15) is 0 Å². The second kappa shape index (κ2) is 5.17. The SMILES string of the molecule is CNC(c1ncc(C)cn1)C1CCOC2(CCC2)C1. The Hall–Kier alpha value is -1.00. The van der Waals surface area contributed by atoms with Crippen LogP contribution in [-0.4, -0.2) is 29.2 Å². The quantitative estimate of drug-likeness (QED) is 0.907. The summed E-state index contributed by atoms with van der Waals surface area (Å²) in [6.07, 6.45) is 9.85. The van der Waals surface area contributed by atoms with Crippen LogP contribution in [0, 0.1) is 12.8 Å². The lowest BCUT2D eigenvalue weighted by Gasteiger charge is -2.48. The zero-order valence-electron chi connectivity index (χ0n) is 11.9. The van der Waals surface area contributed by atoms with Crippen LogP contribution in [-0.2, 0) is 4.74 Å². The lowest BCUT2D eigenvalue weighted by atomic mass is 9.70. The van der Waals surface area contributed by atoms with E-state index < -0.39 is 0 Å². The number of hydrogen-bond acceptors (Lipinski definition) is 4. The Morgan fingerprint density at radius 2 is 2.11 bits per heavy atom. The maximum absolute atomic E-state index is 6.01. The molecule has 2 heterocycles. The Balaban J connectivity index is 1.76. The van der Waals surface area contributed by atoms with Crippen molar-refractivity contribution in [3.05, 3.63) is 23.8 Å². The fraction of sp³-hybridized carbons (Fsp3) is 0.733. The summed E-state index contributed by atoms with van der Waals surface area (Å²) in [4.78, 5) is 9.00. The van der Waals surface area contributed by atoms with Crippen LogP contribution in [0.25, 0.3) is 0 Å². The molecule has 0 amide bonds. The zero-order valence-corrected chi connectivity index (χ0v) is 11.9. The van der Waals surface area contributed by atoms with Crippen molar-refractivity contribution in [2.24, 2.45) is 5.92 Å². The molecule has 2 fully saturated rings. The molecule has 19 heavy (non-hydrogen) atoms. The van der Waals surface area contributed by atoms with Crippen LogP contribution in [0.5, 0.6) is 0 Å². The third kappa shape index (κ3) is 2.51. The molecule has 1 saturated heterocycles. The first kappa shape index (κ1) is 13.0. The molecule has 1 aromatic heterocycles. The van der Waals surface area contributed by atoms with Gasteiger partial charge in [0.15, 0.2) is 0 Å². The number of aryl methyl sites for hydroxylation is 1. The normalized spacial score (nSPS) is 26.9. The average molecular weight is 261 g/mol. The molecule has 1 aliphatic heterocycles. The highest BCUT2D eigenvalue weighted by molar-refractivity contribution is 5.07. The van der Waals surface area contributed by atoms with Crippen molar-refractivity contribution in [2.45, 2.75) is 50.7 Å². The third-order valence-corrected chi connectivity index (χ3v) is 4.66. The van der Waals surface area contributed by atoms with E-state index in [4.69, 9.17) is 4.74 Å². The standard InChI is InChI=1S/C15H23N3O/c1-11-9-17-14(18-10-11)13(16-2)12-4-7-19-15(8-12)5-3-6-15/h9-10,12-13,16H,3-8H2,1-2H3. The van der Waals surface area contributed by atoms with Gasteiger partial charge in [-0.2, -0.15) is 0 Å². The van der Waals surface area contributed by atoms with Crippen molar-refractivity contribution in [1.29, 1.82) is 0 Å². The van der Waals surface area contributed by atoms with Gasteiger partial charge in [-0.1, -0.05) is 0 Å². The predicted molar refractivity (Wildman–Crippen MR) is 73.8 cm³/mol. The van der Waals surface area contributed by atoms with E-state index in [1.165, 1.54) is 19.3 Å². The van der Waals surface area contributed by atoms with Gasteiger partial charge in [-0.15, -0.1) is 0 Å². The number of nitrogens with one attached hydrogen (secondary N) is 1. The minimum absolute atomic E-state index is 0.183. The van der Waals surface area contributed by atoms with E-state index >= 15 is 0 Å². The van der Waals surface area contributed by atoms with Gasteiger partial charge in [0.2, 0.25) is 0 Å². The molecule has 2 unspecified atom stereocenters. The molecule has 3 rings (SSSR count). The fourth-order valence-corrected chi connectivity index (χ4v) is 3.41. The number of rotatable bonds is 3. The Morgan fingerprint density at radius 3 is 2.68 bits per heavy atom. The summed E-state index contributed by atoms with van der Waals surface area (Å²) >= 11 is 0. The van der Waals surface area contributed by atoms with Gasteiger partial charge >= 0.3 is 0 Å². The molecule has 1 spiro atoms. The minimum atomic E-state index is 0.183. The van der Waals surface area contributed by atoms with Crippen molar-refractivity contribution in [3.63, 3.8) is 0 Å². The molecule has 1 N–H and O–H groups in total. The maximum Gasteiger partial charge on any atom is 0.145 e. The highest BCUT2D eigenvalue weighted by atomic mass is 16.5. The van der Waals surface area contributed by atoms with Gasteiger partial charge in [0.1, 0.15) is 5.82 Å². The Morgan fingerprint density at radius 1 is 1.37 bits per heavy atom. The monoisotopic (exact) mass is 261 g/mol. The van der Waals surface area contributed by atoms with Gasteiger partial charge in [0.05, 0.1) is 11.6 Å². The molecule has 104 valence electrons. The molecule has 0 aromatic carbocycles. The van der Waals surface area contributed by atoms with E-state index in [0.717, 1.165) is 30.8 Å². The van der Waals surface area contributed by atoms with Crippen molar-refractivity contribution in [1.82, 2.24) is 15.3 Å². The molecule has 1 saturated carbocycles. The first-order chi connectivity index (χ1) is 9.22. The van der Waals surface area contributed by atoms with Crippen LogP contribution in [0.3, 0.4) is 0 Å². The number of ether oxygens (including phenoxy) is 1. The predicted octanol–water partition coefficient (Wildman–Crippen LogP) is 2.39. The van der Waals surface area contributed by atoms with E-state index in [-0.39, 0.29) is 11.6 Å². The van der Waals surface area contributed by atoms with Crippen LogP contribution in [0.1, 0.15) is 49.5 Å². The molecule has 1 aliphatic carbocycles. The van der Waals surface area contributed by atoms with Gasteiger partial charge in [0.25, 0.3) is 0 Å². The number of hydrogen-bond donors (Lipinski definition) is 1. The van der Waals surface area contributed by atoms with Crippen molar-refractivity contribution >= 4 is 0 Å². The Bertz CT molecular complexity index is 428. The van der Waals surface area contributed by atoms with Gasteiger partial charge in [-0.3, -0.25) is 0 Å². The fourth-order valence-electron chi connectivity index (χ4n) is 3.41. The lowest BCUT2D eigenvalue weighted by Crippen LogP contribution is -2.47. The first-order valence-electron chi connectivity index (χ1n) is 7.32. The largest absolute Gasteiger partial charge is 0.375 e. The van der Waals surface area contributed by atoms with Crippen LogP contribution in [0.2, 0.25) is 0 Å². The summed E-state index contributed by atoms with van der Waals surface area (Å²) in [6.45, 7) is 2.91. The first-order valence-corrected chi connectivity index (χ1v) is 7.32. The molecule has 2 atom stereocenters. The van der Waals surface area contributed by atoms with Gasteiger partial charge in [-0.25, -0.2) is 9.97 Å². The number of aromatic nitrogens is 2. The highest BCUT2D eigenvalue weighted by Gasteiger charge is 2.44. The maximum atomic E-state index is 6.01. The molecule has 4 nitrogen and oxygen atoms in total. The average Bonchev–Trinajstić information content (AvgIpc) is 2.40. The number of nitrogens with zero attached hydrogens (tertiary/aromatic N) is 2. The molecule has 1 aromatic rings. The van der Waals surface area contributed by atoms with Crippen LogP contribution >= 0.6 is 0 Å². The van der Waals surface area contributed by atoms with Crippen LogP contribution in [0.4, 0.5) is 0 Å². The summed E-state index contributed by atoms with van der Waals surface area (Å²) in [7, 11) is 2.01. The molecular formula is C15H23N3O. The lowest BCUT2D eigenvalue weighted by molar-refractivity contribution is -0.147. The van der Waals surface area contributed by atoms with Crippen LogP contribution in [0.15, 0.2) is 12.4 Å². The summed E-state index contributed by atoms with van der Waals surface area (Å²) in [5, 5.41) is 3.41.